The summed E-state index contributed by atoms with van der Waals surface area (Å²) in [5.74, 6) is 0.828. The molecular weight excluding hydrogens is 916 g/mol. The first-order valence-corrected chi connectivity index (χ1v) is 26.6. The maximum Gasteiger partial charge on any atom is 0.270 e. The van der Waals surface area contributed by atoms with Gasteiger partial charge < -0.3 is 16.0 Å². The molecule has 0 bridgehead atoms. The van der Waals surface area contributed by atoms with Crippen molar-refractivity contribution in [3.8, 4) is 12.1 Å². The molecular formula is C46H49ClN12O6S2. The van der Waals surface area contributed by atoms with Crippen LogP contribution in [0.4, 0.5) is 23.3 Å². The molecule has 348 valence electrons. The fourth-order valence-electron chi connectivity index (χ4n) is 9.22. The van der Waals surface area contributed by atoms with E-state index >= 15 is 0 Å². The quantitative estimate of drug-likeness (QED) is 0.151. The van der Waals surface area contributed by atoms with E-state index in [0.29, 0.717) is 48.1 Å². The maximum absolute atomic E-state index is 12.9. The Balaban J connectivity index is 0.000000166. The number of pyridine rings is 2. The molecule has 0 atom stereocenters. The van der Waals surface area contributed by atoms with Gasteiger partial charge in [-0.1, -0.05) is 37.8 Å². The highest BCUT2D eigenvalue weighted by Crippen LogP contribution is 2.33. The number of fused-ring (bicyclic) bond motifs is 4. The Labute approximate surface area is 392 Å². The van der Waals surface area contributed by atoms with E-state index in [4.69, 9.17) is 0 Å². The molecule has 18 nitrogen and oxygen atoms in total. The standard InChI is InChI=1S/C23H24N6O3S.C22H22N6O.CH3ClO2S/c1-33(31,32)28-9-8-15-11-19(7-6-16(15)14-28)26-23-25-13-18-10-17(12-24)22(30)29(21(18)27-23)20-4-2-3-5-20;23-11-16-9-17-13-25-22(26-18-6-5-15-12-24-8-7-14(15)10-18)27-20(17)28(21(16)29)19-3-1-2-4-19;1-5(2,3)4/h6-7,10-11,13,20H,2-5,8-9,14H2,1H3,(H,25,26,27);5-6,9-10,13,19,24H,1-4,7-8,12H2,(H,25,26,27);1H3. The smallest absolute Gasteiger partial charge is 0.270 e. The van der Waals surface area contributed by atoms with E-state index in [9.17, 15) is 36.9 Å². The number of nitriles is 2. The zero-order chi connectivity index (χ0) is 47.5. The zero-order valence-corrected chi connectivity index (χ0v) is 39.4. The van der Waals surface area contributed by atoms with Gasteiger partial charge >= 0.3 is 0 Å². The predicted octanol–water partition coefficient (Wildman–Crippen LogP) is 6.19. The van der Waals surface area contributed by atoms with Gasteiger partial charge in [-0.15, -0.1) is 0 Å². The van der Waals surface area contributed by atoms with Crippen LogP contribution in [0.15, 0.2) is 70.5 Å². The molecule has 0 unspecified atom stereocenters. The van der Waals surface area contributed by atoms with Crippen LogP contribution in [-0.2, 0) is 45.0 Å². The van der Waals surface area contributed by atoms with E-state index in [0.717, 1.165) is 105 Å². The molecule has 0 amide bonds. The van der Waals surface area contributed by atoms with Crippen LogP contribution < -0.4 is 27.1 Å². The highest BCUT2D eigenvalue weighted by molar-refractivity contribution is 8.13. The third kappa shape index (κ3) is 11.1. The molecule has 2 saturated carbocycles. The van der Waals surface area contributed by atoms with Crippen LogP contribution in [0.5, 0.6) is 0 Å². The summed E-state index contributed by atoms with van der Waals surface area (Å²) in [7, 11) is -1.91. The normalized spacial score (nSPS) is 16.4. The van der Waals surface area contributed by atoms with Gasteiger partial charge in [0.1, 0.15) is 34.6 Å². The number of halogens is 1. The molecule has 6 heterocycles. The summed E-state index contributed by atoms with van der Waals surface area (Å²) in [6.45, 7) is 2.71. The lowest BCUT2D eigenvalue weighted by atomic mass is 10.0. The minimum absolute atomic E-state index is 0.0394. The van der Waals surface area contributed by atoms with E-state index < -0.39 is 19.1 Å². The van der Waals surface area contributed by atoms with Crippen molar-refractivity contribution in [2.45, 2.75) is 89.4 Å². The van der Waals surface area contributed by atoms with E-state index in [1.54, 1.807) is 33.7 Å². The van der Waals surface area contributed by atoms with Crippen LogP contribution >= 0.6 is 10.7 Å². The SMILES string of the molecule is CS(=O)(=O)Cl.CS(=O)(=O)N1CCc2cc(Nc3ncc4cc(C#N)c(=O)n(C5CCCC5)c4n3)ccc2C1.N#Cc1cc2cnc(Nc3ccc4c(c3)CCNC4)nc2n(C2CCCC2)c1=O. The van der Waals surface area contributed by atoms with Crippen LogP contribution in [0.2, 0.25) is 0 Å². The van der Waals surface area contributed by atoms with Crippen molar-refractivity contribution in [2.24, 2.45) is 0 Å². The number of nitrogens with zero attached hydrogens (tertiary/aromatic N) is 9. The molecule has 3 N–H and O–H groups in total. The molecule has 2 aliphatic carbocycles. The summed E-state index contributed by atoms with van der Waals surface area (Å²) in [4.78, 5) is 44.0. The third-order valence-electron chi connectivity index (χ3n) is 12.4. The Hall–Kier alpha value is -6.29. The fourth-order valence-corrected chi connectivity index (χ4v) is 10.0. The monoisotopic (exact) mass is 964 g/mol. The van der Waals surface area contributed by atoms with Crippen molar-refractivity contribution in [3.63, 3.8) is 0 Å². The second-order valence-corrected chi connectivity index (χ2v) is 22.2. The number of anilines is 4. The van der Waals surface area contributed by atoms with Crippen molar-refractivity contribution in [1.82, 2.24) is 38.7 Å². The van der Waals surface area contributed by atoms with Crippen LogP contribution in [0.3, 0.4) is 0 Å². The molecule has 4 aromatic heterocycles. The molecule has 10 rings (SSSR count). The Morgan fingerprint density at radius 2 is 1.15 bits per heavy atom. The number of hydrogen-bond donors (Lipinski definition) is 3. The average Bonchev–Trinajstić information content (AvgIpc) is 4.04. The summed E-state index contributed by atoms with van der Waals surface area (Å²) in [5.41, 5.74) is 7.29. The van der Waals surface area contributed by atoms with E-state index in [1.807, 2.05) is 36.4 Å². The predicted molar refractivity (Wildman–Crippen MR) is 257 cm³/mol. The number of sulfonamides is 1. The summed E-state index contributed by atoms with van der Waals surface area (Å²) >= 11 is 0. The second kappa shape index (κ2) is 19.9. The highest BCUT2D eigenvalue weighted by atomic mass is 35.7. The molecule has 2 fully saturated rings. The average molecular weight is 966 g/mol. The first-order valence-electron chi connectivity index (χ1n) is 22.0. The lowest BCUT2D eigenvalue weighted by molar-refractivity contribution is 0.395. The van der Waals surface area contributed by atoms with E-state index in [1.165, 1.54) is 21.7 Å². The number of benzene rings is 2. The van der Waals surface area contributed by atoms with Crippen LogP contribution in [0.1, 0.15) is 96.8 Å². The summed E-state index contributed by atoms with van der Waals surface area (Å²) < 4.78 is 47.4. The van der Waals surface area contributed by atoms with Gasteiger partial charge in [0.05, 0.1) is 12.5 Å². The minimum atomic E-state index is -3.22. The lowest BCUT2D eigenvalue weighted by Crippen LogP contribution is -2.35. The molecule has 0 saturated heterocycles. The lowest BCUT2D eigenvalue weighted by Gasteiger charge is -2.27. The van der Waals surface area contributed by atoms with Crippen LogP contribution in [-0.4, -0.2) is 75.8 Å². The number of hydrogen-bond acceptors (Lipinski definition) is 15. The molecule has 21 heteroatoms. The van der Waals surface area contributed by atoms with Crippen LogP contribution in [0.25, 0.3) is 22.1 Å². The topological polar surface area (TPSA) is 251 Å². The van der Waals surface area contributed by atoms with Crippen molar-refractivity contribution in [1.29, 1.82) is 10.5 Å². The van der Waals surface area contributed by atoms with Gasteiger partial charge in [-0.3, -0.25) is 18.7 Å². The minimum Gasteiger partial charge on any atom is -0.324 e. The Bertz CT molecular complexity index is 3310. The van der Waals surface area contributed by atoms with Crippen molar-refractivity contribution in [3.05, 3.63) is 115 Å². The summed E-state index contributed by atoms with van der Waals surface area (Å²) in [5, 5.41) is 30.0. The Morgan fingerprint density at radius 1 is 0.687 bits per heavy atom. The van der Waals surface area contributed by atoms with Gasteiger partial charge in [-0.05, 0) is 104 Å². The van der Waals surface area contributed by atoms with Gasteiger partial charge in [0.2, 0.25) is 31.0 Å². The Kier molecular flexibility index (Phi) is 14.0. The first kappa shape index (κ1) is 47.2. The van der Waals surface area contributed by atoms with Gasteiger partial charge in [0.25, 0.3) is 11.1 Å². The number of aromatic nitrogens is 6. The second-order valence-electron chi connectivity index (χ2n) is 17.2. The molecule has 0 spiro atoms. The number of rotatable bonds is 7. The summed E-state index contributed by atoms with van der Waals surface area (Å²) in [6, 6.07) is 19.4. The van der Waals surface area contributed by atoms with Crippen LogP contribution in [0, 0.1) is 22.7 Å². The largest absolute Gasteiger partial charge is 0.324 e. The van der Waals surface area contributed by atoms with Gasteiger partial charge in [0, 0.05) is 76.9 Å². The maximum atomic E-state index is 12.9. The molecule has 0 radical (unpaired) electrons. The summed E-state index contributed by atoms with van der Waals surface area (Å²) in [6.07, 6.45) is 15.1. The van der Waals surface area contributed by atoms with Gasteiger partial charge in [-0.25, -0.2) is 26.8 Å². The first-order chi connectivity index (χ1) is 32.1. The van der Waals surface area contributed by atoms with E-state index in [-0.39, 0.29) is 34.3 Å². The van der Waals surface area contributed by atoms with Gasteiger partial charge in [0.15, 0.2) is 0 Å². The molecule has 2 aliphatic heterocycles. The van der Waals surface area contributed by atoms with Crippen molar-refractivity contribution >= 4 is 75.1 Å². The zero-order valence-electron chi connectivity index (χ0n) is 37.0. The third-order valence-corrected chi connectivity index (χ3v) is 13.7. The van der Waals surface area contributed by atoms with Crippen molar-refractivity contribution in [2.75, 3.05) is 36.2 Å². The molecule has 2 aromatic carbocycles. The molecule has 4 aliphatic rings. The van der Waals surface area contributed by atoms with Crippen molar-refractivity contribution < 1.29 is 16.8 Å². The Morgan fingerprint density at radius 3 is 1.61 bits per heavy atom. The number of nitrogens with one attached hydrogen (secondary N) is 3. The highest BCUT2D eigenvalue weighted by Gasteiger charge is 2.26. The fraction of sp³-hybridized carbons (Fsp3) is 0.391. The molecule has 67 heavy (non-hydrogen) atoms. The van der Waals surface area contributed by atoms with Gasteiger partial charge in [-0.2, -0.15) is 24.8 Å². The van der Waals surface area contributed by atoms with E-state index in [2.05, 4.69) is 58.7 Å². The molecule has 6 aromatic rings.